The van der Waals surface area contributed by atoms with Crippen molar-refractivity contribution in [1.82, 2.24) is 5.32 Å². The van der Waals surface area contributed by atoms with Crippen LogP contribution < -0.4 is 5.32 Å². The molecule has 2 aromatic carbocycles. The predicted octanol–water partition coefficient (Wildman–Crippen LogP) is 5.86. The number of hydrogen-bond donors (Lipinski definition) is 1. The second kappa shape index (κ2) is 7.45. The van der Waals surface area contributed by atoms with E-state index in [2.05, 4.69) is 62.0 Å². The molecule has 1 unspecified atom stereocenters. The quantitative estimate of drug-likeness (QED) is 0.536. The van der Waals surface area contributed by atoms with Crippen molar-refractivity contribution in [1.29, 1.82) is 0 Å². The first-order valence-corrected chi connectivity index (χ1v) is 8.70. The van der Waals surface area contributed by atoms with E-state index >= 15 is 0 Å². The normalized spacial score (nSPS) is 12.4. The molecule has 5 heteroatoms. The molecular formula is C15H13BrCl2IN. The van der Waals surface area contributed by atoms with Crippen LogP contribution in [0.25, 0.3) is 0 Å². The standard InChI is InChI=1S/C15H13BrCl2IN/c1-20-15(11-8-10(16)3-5-14(11)19)7-9-2-4-12(17)13(18)6-9/h2-6,8,15,20H,7H2,1H3. The van der Waals surface area contributed by atoms with E-state index in [4.69, 9.17) is 23.2 Å². The number of benzene rings is 2. The van der Waals surface area contributed by atoms with Crippen molar-refractivity contribution in [2.24, 2.45) is 0 Å². The number of halogens is 4. The van der Waals surface area contributed by atoms with Gasteiger partial charge in [-0.3, -0.25) is 0 Å². The van der Waals surface area contributed by atoms with Crippen LogP contribution in [0.3, 0.4) is 0 Å². The summed E-state index contributed by atoms with van der Waals surface area (Å²) in [7, 11) is 1.97. The number of hydrogen-bond acceptors (Lipinski definition) is 1. The van der Waals surface area contributed by atoms with E-state index in [1.54, 1.807) is 0 Å². The Balaban J connectivity index is 2.28. The highest BCUT2D eigenvalue weighted by molar-refractivity contribution is 14.1. The lowest BCUT2D eigenvalue weighted by Crippen LogP contribution is -2.20. The molecule has 0 amide bonds. The zero-order valence-corrected chi connectivity index (χ0v) is 16.0. The molecule has 20 heavy (non-hydrogen) atoms. The third kappa shape index (κ3) is 4.10. The highest BCUT2D eigenvalue weighted by Gasteiger charge is 2.14. The summed E-state index contributed by atoms with van der Waals surface area (Å²) in [6.07, 6.45) is 0.861. The second-order valence-corrected chi connectivity index (χ2v) is 7.35. The Morgan fingerprint density at radius 1 is 1.15 bits per heavy atom. The summed E-state index contributed by atoms with van der Waals surface area (Å²) in [6, 6.07) is 12.3. The molecule has 1 atom stereocenters. The van der Waals surface area contributed by atoms with E-state index < -0.39 is 0 Å². The molecule has 106 valence electrons. The number of likely N-dealkylation sites (N-methyl/N-ethyl adjacent to an activating group) is 1. The Kier molecular flexibility index (Phi) is 6.17. The summed E-state index contributed by atoms with van der Waals surface area (Å²) in [6.45, 7) is 0. The maximum Gasteiger partial charge on any atom is 0.0595 e. The zero-order valence-electron chi connectivity index (χ0n) is 10.8. The van der Waals surface area contributed by atoms with E-state index in [-0.39, 0.29) is 6.04 Å². The van der Waals surface area contributed by atoms with Gasteiger partial charge in [0.2, 0.25) is 0 Å². The van der Waals surface area contributed by atoms with Crippen LogP contribution in [0.2, 0.25) is 10.0 Å². The molecule has 0 saturated carbocycles. The van der Waals surface area contributed by atoms with Gasteiger partial charge in [0.1, 0.15) is 0 Å². The van der Waals surface area contributed by atoms with Crippen molar-refractivity contribution in [2.75, 3.05) is 7.05 Å². The molecule has 0 aliphatic heterocycles. The Morgan fingerprint density at radius 3 is 2.55 bits per heavy atom. The Hall–Kier alpha value is 0.190. The zero-order chi connectivity index (χ0) is 14.7. The lowest BCUT2D eigenvalue weighted by Gasteiger charge is -2.19. The molecule has 2 rings (SSSR count). The van der Waals surface area contributed by atoms with Gasteiger partial charge in [0.15, 0.2) is 0 Å². The topological polar surface area (TPSA) is 12.0 Å². The maximum absolute atomic E-state index is 6.08. The first-order chi connectivity index (χ1) is 9.51. The molecule has 1 N–H and O–H groups in total. The van der Waals surface area contributed by atoms with E-state index in [1.165, 1.54) is 9.13 Å². The summed E-state index contributed by atoms with van der Waals surface area (Å²) >= 11 is 17.9. The molecule has 0 saturated heterocycles. The number of nitrogens with one attached hydrogen (secondary N) is 1. The second-order valence-electron chi connectivity index (χ2n) is 4.46. The molecule has 0 radical (unpaired) electrons. The summed E-state index contributed by atoms with van der Waals surface area (Å²) in [5.41, 5.74) is 2.43. The minimum Gasteiger partial charge on any atom is -0.313 e. The third-order valence-corrected chi connectivity index (χ3v) is 5.32. The summed E-state index contributed by atoms with van der Waals surface area (Å²) < 4.78 is 2.33. The van der Waals surface area contributed by atoms with Gasteiger partial charge < -0.3 is 5.32 Å². The molecule has 0 fully saturated rings. The average Bonchev–Trinajstić information content (AvgIpc) is 2.43. The molecule has 0 heterocycles. The van der Waals surface area contributed by atoms with Gasteiger partial charge in [-0.05, 0) is 77.5 Å². The minimum atomic E-state index is 0.233. The molecule has 1 nitrogen and oxygen atoms in total. The van der Waals surface area contributed by atoms with Crippen LogP contribution in [0.15, 0.2) is 40.9 Å². The Bertz CT molecular complexity index is 619. The van der Waals surface area contributed by atoms with E-state index in [0.29, 0.717) is 10.0 Å². The van der Waals surface area contributed by atoms with Gasteiger partial charge in [-0.15, -0.1) is 0 Å². The minimum absolute atomic E-state index is 0.233. The molecular weight excluding hydrogens is 472 g/mol. The molecule has 0 spiro atoms. The fourth-order valence-electron chi connectivity index (χ4n) is 2.05. The van der Waals surface area contributed by atoms with Crippen molar-refractivity contribution in [2.45, 2.75) is 12.5 Å². The lowest BCUT2D eigenvalue weighted by molar-refractivity contribution is 0.589. The van der Waals surface area contributed by atoms with Crippen LogP contribution in [0.4, 0.5) is 0 Å². The smallest absolute Gasteiger partial charge is 0.0595 e. The fraction of sp³-hybridized carbons (Fsp3) is 0.200. The SMILES string of the molecule is CNC(Cc1ccc(Cl)c(Cl)c1)c1cc(Br)ccc1I. The summed E-state index contributed by atoms with van der Waals surface area (Å²) in [4.78, 5) is 0. The van der Waals surface area contributed by atoms with Crippen LogP contribution in [-0.2, 0) is 6.42 Å². The van der Waals surface area contributed by atoms with Gasteiger partial charge >= 0.3 is 0 Å². The van der Waals surface area contributed by atoms with Gasteiger partial charge in [0.25, 0.3) is 0 Å². The fourth-order valence-corrected chi connectivity index (χ4v) is 3.46. The van der Waals surface area contributed by atoms with Crippen LogP contribution in [0, 0.1) is 3.57 Å². The van der Waals surface area contributed by atoms with Crippen LogP contribution in [0.5, 0.6) is 0 Å². The first-order valence-electron chi connectivity index (χ1n) is 6.07. The lowest BCUT2D eigenvalue weighted by atomic mass is 9.99. The largest absolute Gasteiger partial charge is 0.313 e. The Labute approximate surface area is 151 Å². The highest BCUT2D eigenvalue weighted by Crippen LogP contribution is 2.29. The Morgan fingerprint density at radius 2 is 1.90 bits per heavy atom. The molecule has 0 aliphatic rings. The van der Waals surface area contributed by atoms with E-state index in [9.17, 15) is 0 Å². The van der Waals surface area contributed by atoms with Crippen LogP contribution in [0.1, 0.15) is 17.2 Å². The average molecular weight is 485 g/mol. The molecule has 0 aliphatic carbocycles. The molecule has 0 bridgehead atoms. The maximum atomic E-state index is 6.08. The van der Waals surface area contributed by atoms with E-state index in [0.717, 1.165) is 16.5 Å². The summed E-state index contributed by atoms with van der Waals surface area (Å²) in [5.74, 6) is 0. The van der Waals surface area contributed by atoms with Crippen molar-refractivity contribution >= 4 is 61.7 Å². The van der Waals surface area contributed by atoms with Crippen molar-refractivity contribution in [3.05, 3.63) is 65.6 Å². The summed E-state index contributed by atoms with van der Waals surface area (Å²) in [5, 5.41) is 4.56. The number of rotatable bonds is 4. The van der Waals surface area contributed by atoms with Crippen molar-refractivity contribution < 1.29 is 0 Å². The molecule has 2 aromatic rings. The van der Waals surface area contributed by atoms with Gasteiger partial charge in [-0.1, -0.05) is 45.2 Å². The monoisotopic (exact) mass is 483 g/mol. The first kappa shape index (κ1) is 16.6. The van der Waals surface area contributed by atoms with Crippen molar-refractivity contribution in [3.63, 3.8) is 0 Å². The third-order valence-electron chi connectivity index (χ3n) is 3.11. The molecule has 0 aromatic heterocycles. The van der Waals surface area contributed by atoms with Crippen molar-refractivity contribution in [3.8, 4) is 0 Å². The van der Waals surface area contributed by atoms with Crippen LogP contribution >= 0.6 is 61.7 Å². The highest BCUT2D eigenvalue weighted by atomic mass is 127. The predicted molar refractivity (Wildman–Crippen MR) is 98.8 cm³/mol. The van der Waals surface area contributed by atoms with Gasteiger partial charge in [0, 0.05) is 14.1 Å². The van der Waals surface area contributed by atoms with Gasteiger partial charge in [-0.25, -0.2) is 0 Å². The van der Waals surface area contributed by atoms with Gasteiger partial charge in [0.05, 0.1) is 10.0 Å². The van der Waals surface area contributed by atoms with Crippen LogP contribution in [-0.4, -0.2) is 7.05 Å². The van der Waals surface area contributed by atoms with Gasteiger partial charge in [-0.2, -0.15) is 0 Å². The van der Waals surface area contributed by atoms with E-state index in [1.807, 2.05) is 25.2 Å².